The highest BCUT2D eigenvalue weighted by molar-refractivity contribution is 5.85. The fourth-order valence-electron chi connectivity index (χ4n) is 0.596. The number of hydrogen-bond donors (Lipinski definition) is 1. The molecular weight excluding hydrogens is 154 g/mol. The van der Waals surface area contributed by atoms with Crippen LogP contribution in [0.1, 0.15) is 12.8 Å². The first kappa shape index (κ1) is 9.72. The van der Waals surface area contributed by atoms with E-state index in [2.05, 4.69) is 0 Å². The smallest absolute Gasteiger partial charge is 0.308 e. The van der Waals surface area contributed by atoms with Crippen molar-refractivity contribution in [1.29, 1.82) is 0 Å². The lowest BCUT2D eigenvalue weighted by Gasteiger charge is -1.98. The summed E-state index contributed by atoms with van der Waals surface area (Å²) in [6.07, 6.45) is 2.01. The van der Waals surface area contributed by atoms with Crippen LogP contribution in [0.2, 0.25) is 0 Å². The number of carbonyl (C=O) groups is 1. The van der Waals surface area contributed by atoms with Gasteiger partial charge in [0.1, 0.15) is 6.61 Å². The summed E-state index contributed by atoms with van der Waals surface area (Å²) in [5, 5.41) is 0. The van der Waals surface area contributed by atoms with Gasteiger partial charge in [-0.25, -0.2) is 0 Å². The second-order valence-corrected chi connectivity index (χ2v) is 2.23. The molecule has 4 heteroatoms. The number of halogens is 1. The SMILES string of the molecule is Cl.NCCOC(=O)C1CC1. The van der Waals surface area contributed by atoms with Crippen molar-refractivity contribution >= 4 is 18.4 Å². The molecule has 1 rings (SSSR count). The Morgan fingerprint density at radius 3 is 2.60 bits per heavy atom. The van der Waals surface area contributed by atoms with Crippen molar-refractivity contribution in [1.82, 2.24) is 0 Å². The lowest BCUT2D eigenvalue weighted by atomic mass is 10.4. The lowest BCUT2D eigenvalue weighted by molar-refractivity contribution is -0.144. The highest BCUT2D eigenvalue weighted by Crippen LogP contribution is 2.29. The molecule has 0 radical (unpaired) electrons. The summed E-state index contributed by atoms with van der Waals surface area (Å²) in [6, 6.07) is 0. The second-order valence-electron chi connectivity index (χ2n) is 2.23. The summed E-state index contributed by atoms with van der Waals surface area (Å²) in [7, 11) is 0. The molecule has 0 heterocycles. The maximum atomic E-state index is 10.7. The standard InChI is InChI=1S/C6H11NO2.ClH/c7-3-4-9-6(8)5-1-2-5;/h5H,1-4,7H2;1H. The van der Waals surface area contributed by atoms with Crippen LogP contribution in [0.25, 0.3) is 0 Å². The van der Waals surface area contributed by atoms with Gasteiger partial charge in [-0.05, 0) is 12.8 Å². The minimum Gasteiger partial charge on any atom is -0.464 e. The first-order chi connectivity index (χ1) is 4.34. The minimum atomic E-state index is -0.0690. The van der Waals surface area contributed by atoms with Gasteiger partial charge in [0.2, 0.25) is 0 Å². The zero-order chi connectivity index (χ0) is 6.69. The molecule has 10 heavy (non-hydrogen) atoms. The second kappa shape index (κ2) is 4.52. The molecule has 1 aliphatic carbocycles. The van der Waals surface area contributed by atoms with Crippen molar-refractivity contribution in [3.63, 3.8) is 0 Å². The summed E-state index contributed by atoms with van der Waals surface area (Å²) in [6.45, 7) is 0.799. The van der Waals surface area contributed by atoms with E-state index in [9.17, 15) is 4.79 Å². The van der Waals surface area contributed by atoms with E-state index >= 15 is 0 Å². The Morgan fingerprint density at radius 2 is 2.20 bits per heavy atom. The van der Waals surface area contributed by atoms with Crippen LogP contribution in [0.5, 0.6) is 0 Å². The molecule has 0 unspecified atom stereocenters. The van der Waals surface area contributed by atoms with E-state index in [4.69, 9.17) is 10.5 Å². The molecule has 3 nitrogen and oxygen atoms in total. The van der Waals surface area contributed by atoms with E-state index in [0.717, 1.165) is 12.8 Å². The Bertz CT molecular complexity index is 114. The van der Waals surface area contributed by atoms with Gasteiger partial charge in [-0.1, -0.05) is 0 Å². The van der Waals surface area contributed by atoms with Crippen LogP contribution in [0.15, 0.2) is 0 Å². The monoisotopic (exact) mass is 165 g/mol. The number of rotatable bonds is 3. The third-order valence-electron chi connectivity index (χ3n) is 1.27. The van der Waals surface area contributed by atoms with Crippen LogP contribution < -0.4 is 5.73 Å². The fraction of sp³-hybridized carbons (Fsp3) is 0.833. The van der Waals surface area contributed by atoms with Crippen LogP contribution in [0.4, 0.5) is 0 Å². The van der Waals surface area contributed by atoms with Crippen molar-refractivity contribution in [3.05, 3.63) is 0 Å². The van der Waals surface area contributed by atoms with Crippen molar-refractivity contribution in [2.24, 2.45) is 11.7 Å². The Balaban J connectivity index is 0.000000810. The van der Waals surface area contributed by atoms with Gasteiger partial charge in [-0.15, -0.1) is 12.4 Å². The maximum Gasteiger partial charge on any atom is 0.308 e. The number of nitrogens with two attached hydrogens (primary N) is 1. The van der Waals surface area contributed by atoms with Crippen LogP contribution >= 0.6 is 12.4 Å². The molecule has 0 aliphatic heterocycles. The van der Waals surface area contributed by atoms with Crippen LogP contribution in [0.3, 0.4) is 0 Å². The highest BCUT2D eigenvalue weighted by atomic mass is 35.5. The average Bonchev–Trinajstić information content (AvgIpc) is 2.63. The zero-order valence-corrected chi connectivity index (χ0v) is 6.52. The van der Waals surface area contributed by atoms with Gasteiger partial charge in [0.25, 0.3) is 0 Å². The first-order valence-corrected chi connectivity index (χ1v) is 3.21. The highest BCUT2D eigenvalue weighted by Gasteiger charge is 2.30. The number of esters is 1. The van der Waals surface area contributed by atoms with Gasteiger partial charge in [-0.3, -0.25) is 4.79 Å². The van der Waals surface area contributed by atoms with E-state index in [1.54, 1.807) is 0 Å². The maximum absolute atomic E-state index is 10.7. The Morgan fingerprint density at radius 1 is 1.60 bits per heavy atom. The largest absolute Gasteiger partial charge is 0.464 e. The van der Waals surface area contributed by atoms with Gasteiger partial charge in [-0.2, -0.15) is 0 Å². The molecule has 1 aliphatic rings. The van der Waals surface area contributed by atoms with Crippen LogP contribution in [-0.4, -0.2) is 19.1 Å². The Hall–Kier alpha value is -0.280. The molecule has 0 aromatic rings. The molecule has 60 valence electrons. The molecule has 1 saturated carbocycles. The molecule has 0 saturated heterocycles. The summed E-state index contributed by atoms with van der Waals surface area (Å²) >= 11 is 0. The Labute approximate surface area is 66.3 Å². The average molecular weight is 166 g/mol. The molecular formula is C6H12ClNO2. The molecule has 2 N–H and O–H groups in total. The quantitative estimate of drug-likeness (QED) is 0.613. The lowest BCUT2D eigenvalue weighted by Crippen LogP contribution is -2.14. The molecule has 0 amide bonds. The number of hydrogen-bond acceptors (Lipinski definition) is 3. The topological polar surface area (TPSA) is 52.3 Å². The Kier molecular flexibility index (Phi) is 4.40. The molecule has 0 bridgehead atoms. The van der Waals surface area contributed by atoms with Gasteiger partial charge >= 0.3 is 5.97 Å². The van der Waals surface area contributed by atoms with Crippen molar-refractivity contribution < 1.29 is 9.53 Å². The molecule has 0 spiro atoms. The molecule has 0 aromatic heterocycles. The predicted molar refractivity (Wildman–Crippen MR) is 40.0 cm³/mol. The summed E-state index contributed by atoms with van der Waals surface area (Å²) in [5.41, 5.74) is 5.12. The van der Waals surface area contributed by atoms with Gasteiger partial charge in [0.05, 0.1) is 5.92 Å². The zero-order valence-electron chi connectivity index (χ0n) is 5.71. The fourth-order valence-corrected chi connectivity index (χ4v) is 0.596. The van der Waals surface area contributed by atoms with E-state index in [1.807, 2.05) is 0 Å². The van der Waals surface area contributed by atoms with Gasteiger partial charge in [0.15, 0.2) is 0 Å². The van der Waals surface area contributed by atoms with Crippen molar-refractivity contribution in [3.8, 4) is 0 Å². The van der Waals surface area contributed by atoms with E-state index < -0.39 is 0 Å². The van der Waals surface area contributed by atoms with E-state index in [0.29, 0.717) is 13.2 Å². The van der Waals surface area contributed by atoms with E-state index in [-0.39, 0.29) is 24.3 Å². The first-order valence-electron chi connectivity index (χ1n) is 3.21. The van der Waals surface area contributed by atoms with Gasteiger partial charge in [0, 0.05) is 6.54 Å². The normalized spacial score (nSPS) is 15.7. The van der Waals surface area contributed by atoms with Crippen molar-refractivity contribution in [2.75, 3.05) is 13.2 Å². The molecule has 1 fully saturated rings. The predicted octanol–water partition coefficient (Wildman–Crippen LogP) is 0.320. The van der Waals surface area contributed by atoms with Crippen LogP contribution in [0, 0.1) is 5.92 Å². The summed E-state index contributed by atoms with van der Waals surface area (Å²) in [4.78, 5) is 10.7. The van der Waals surface area contributed by atoms with E-state index in [1.165, 1.54) is 0 Å². The molecule has 0 atom stereocenters. The summed E-state index contributed by atoms with van der Waals surface area (Å²) < 4.78 is 4.75. The number of ether oxygens (including phenoxy) is 1. The van der Waals surface area contributed by atoms with Crippen LogP contribution in [-0.2, 0) is 9.53 Å². The minimum absolute atomic E-state index is 0. The van der Waals surface area contributed by atoms with Crippen molar-refractivity contribution in [2.45, 2.75) is 12.8 Å². The summed E-state index contributed by atoms with van der Waals surface area (Å²) in [5.74, 6) is 0.136. The number of carbonyl (C=O) groups excluding carboxylic acids is 1. The van der Waals surface area contributed by atoms with Gasteiger partial charge < -0.3 is 10.5 Å². The third-order valence-corrected chi connectivity index (χ3v) is 1.27. The third kappa shape index (κ3) is 3.03. The molecule has 0 aromatic carbocycles.